The first kappa shape index (κ1) is 15.0. The summed E-state index contributed by atoms with van der Waals surface area (Å²) in [6.45, 7) is 0.394. The topological polar surface area (TPSA) is 102 Å². The van der Waals surface area contributed by atoms with Crippen molar-refractivity contribution < 1.29 is 19.4 Å². The summed E-state index contributed by atoms with van der Waals surface area (Å²) in [4.78, 5) is 22.0. The van der Waals surface area contributed by atoms with Crippen LogP contribution in [0.1, 0.15) is 18.4 Å². The third-order valence-corrected chi connectivity index (χ3v) is 2.65. The van der Waals surface area contributed by atoms with Crippen LogP contribution in [-0.4, -0.2) is 30.1 Å². The number of ether oxygens (including phenoxy) is 1. The van der Waals surface area contributed by atoms with Gasteiger partial charge in [-0.05, 0) is 24.1 Å². The van der Waals surface area contributed by atoms with Gasteiger partial charge in [-0.2, -0.15) is 0 Å². The van der Waals surface area contributed by atoms with Gasteiger partial charge in [0.1, 0.15) is 11.8 Å². The van der Waals surface area contributed by atoms with E-state index in [1.54, 1.807) is 7.11 Å². The number of carbonyl (C=O) groups excluding carboxylic acids is 1. The zero-order valence-corrected chi connectivity index (χ0v) is 10.8. The Morgan fingerprint density at radius 2 is 2.00 bits per heavy atom. The number of nitrogens with one attached hydrogen (secondary N) is 1. The third kappa shape index (κ3) is 5.39. The number of methoxy groups -OCH3 is 1. The van der Waals surface area contributed by atoms with Gasteiger partial charge >= 0.3 is 5.97 Å². The fraction of sp³-hybridized carbons (Fsp3) is 0.385. The molecule has 0 unspecified atom stereocenters. The summed E-state index contributed by atoms with van der Waals surface area (Å²) in [5.41, 5.74) is 6.25. The lowest BCUT2D eigenvalue weighted by atomic mass is 10.1. The average molecular weight is 266 g/mol. The predicted molar refractivity (Wildman–Crippen MR) is 69.7 cm³/mol. The summed E-state index contributed by atoms with van der Waals surface area (Å²) in [6.07, 6.45) is 0.230. The van der Waals surface area contributed by atoms with Crippen LogP contribution in [0.25, 0.3) is 0 Å². The standard InChI is InChI=1S/C13H18N2O4/c1-19-10-4-2-9(3-5-10)8-15-12(16)7-6-11(14)13(17)18/h2-5,11H,6-8,14H2,1H3,(H,15,16)(H,17,18)/t11-/m0/s1. The molecule has 6 heteroatoms. The van der Waals surface area contributed by atoms with Crippen molar-refractivity contribution in [1.82, 2.24) is 5.32 Å². The molecule has 4 N–H and O–H groups in total. The van der Waals surface area contributed by atoms with Crippen LogP contribution in [-0.2, 0) is 16.1 Å². The van der Waals surface area contributed by atoms with Crippen LogP contribution >= 0.6 is 0 Å². The number of carbonyl (C=O) groups is 2. The van der Waals surface area contributed by atoms with Crippen molar-refractivity contribution in [3.63, 3.8) is 0 Å². The molecule has 0 saturated carbocycles. The molecule has 1 atom stereocenters. The number of hydrogen-bond donors (Lipinski definition) is 3. The van der Waals surface area contributed by atoms with Crippen LogP contribution in [0, 0.1) is 0 Å². The highest BCUT2D eigenvalue weighted by Crippen LogP contribution is 2.10. The Morgan fingerprint density at radius 1 is 1.37 bits per heavy atom. The molecule has 1 rings (SSSR count). The van der Waals surface area contributed by atoms with Crippen LogP contribution < -0.4 is 15.8 Å². The van der Waals surface area contributed by atoms with E-state index in [0.717, 1.165) is 11.3 Å². The maximum absolute atomic E-state index is 11.5. The minimum absolute atomic E-state index is 0.101. The number of carboxylic acid groups (broad SMARTS) is 1. The second kappa shape index (κ2) is 7.38. The van der Waals surface area contributed by atoms with Crippen molar-refractivity contribution in [1.29, 1.82) is 0 Å². The molecule has 0 bridgehead atoms. The van der Waals surface area contributed by atoms with Crippen molar-refractivity contribution in [3.05, 3.63) is 29.8 Å². The van der Waals surface area contributed by atoms with Gasteiger partial charge in [0, 0.05) is 13.0 Å². The zero-order chi connectivity index (χ0) is 14.3. The number of carboxylic acids is 1. The Kier molecular flexibility index (Phi) is 5.81. The van der Waals surface area contributed by atoms with Crippen LogP contribution in [0.3, 0.4) is 0 Å². The maximum atomic E-state index is 11.5. The molecule has 0 aliphatic carbocycles. The predicted octanol–water partition coefficient (Wildman–Crippen LogP) is 0.503. The smallest absolute Gasteiger partial charge is 0.320 e. The highest BCUT2D eigenvalue weighted by atomic mass is 16.5. The molecule has 0 aliphatic heterocycles. The average Bonchev–Trinajstić information content (AvgIpc) is 2.42. The summed E-state index contributed by atoms with van der Waals surface area (Å²) in [5.74, 6) is -0.557. The summed E-state index contributed by atoms with van der Waals surface area (Å²) < 4.78 is 5.03. The SMILES string of the molecule is COc1ccc(CNC(=O)CC[C@H](N)C(=O)O)cc1. The van der Waals surface area contributed by atoms with Crippen molar-refractivity contribution in [3.8, 4) is 5.75 Å². The molecule has 1 aromatic carbocycles. The molecule has 0 heterocycles. The maximum Gasteiger partial charge on any atom is 0.320 e. The van der Waals surface area contributed by atoms with Crippen molar-refractivity contribution in [2.24, 2.45) is 5.73 Å². The van der Waals surface area contributed by atoms with E-state index in [2.05, 4.69) is 5.32 Å². The molecule has 19 heavy (non-hydrogen) atoms. The highest BCUT2D eigenvalue weighted by molar-refractivity contribution is 5.78. The van der Waals surface area contributed by atoms with Gasteiger partial charge in [0.25, 0.3) is 0 Å². The Hall–Kier alpha value is -2.08. The van der Waals surface area contributed by atoms with Gasteiger partial charge in [-0.25, -0.2) is 0 Å². The molecule has 0 aliphatic rings. The molecule has 1 amide bonds. The van der Waals surface area contributed by atoms with Gasteiger partial charge in [0.2, 0.25) is 5.91 Å². The largest absolute Gasteiger partial charge is 0.497 e. The normalized spacial score (nSPS) is 11.7. The number of aliphatic carboxylic acids is 1. The van der Waals surface area contributed by atoms with E-state index in [-0.39, 0.29) is 18.7 Å². The Bertz CT molecular complexity index is 431. The minimum atomic E-state index is -1.09. The van der Waals surface area contributed by atoms with E-state index >= 15 is 0 Å². The van der Waals surface area contributed by atoms with E-state index in [9.17, 15) is 9.59 Å². The first-order chi connectivity index (χ1) is 9.02. The molecule has 0 saturated heterocycles. The van der Waals surface area contributed by atoms with Crippen molar-refractivity contribution >= 4 is 11.9 Å². The minimum Gasteiger partial charge on any atom is -0.497 e. The van der Waals surface area contributed by atoms with Gasteiger partial charge in [-0.15, -0.1) is 0 Å². The summed E-state index contributed by atoms with van der Waals surface area (Å²) >= 11 is 0. The molecular formula is C13H18N2O4. The van der Waals surface area contributed by atoms with Gasteiger partial charge < -0.3 is 20.9 Å². The second-order valence-corrected chi connectivity index (χ2v) is 4.11. The third-order valence-electron chi connectivity index (χ3n) is 2.65. The van der Waals surface area contributed by atoms with E-state index in [4.69, 9.17) is 15.6 Å². The Labute approximate surface area is 111 Å². The summed E-state index contributed by atoms with van der Waals surface area (Å²) in [6, 6.07) is 6.32. The number of amides is 1. The van der Waals surface area contributed by atoms with Gasteiger partial charge in [-0.1, -0.05) is 12.1 Å². The molecule has 1 aromatic rings. The number of rotatable bonds is 7. The van der Waals surface area contributed by atoms with E-state index in [1.165, 1.54) is 0 Å². The summed E-state index contributed by atoms with van der Waals surface area (Å²) in [7, 11) is 1.59. The number of nitrogens with two attached hydrogens (primary N) is 1. The molecule has 0 spiro atoms. The second-order valence-electron chi connectivity index (χ2n) is 4.11. The van der Waals surface area contributed by atoms with Crippen LogP contribution in [0.5, 0.6) is 5.75 Å². The summed E-state index contributed by atoms with van der Waals surface area (Å²) in [5, 5.41) is 11.3. The number of hydrogen-bond acceptors (Lipinski definition) is 4. The monoisotopic (exact) mass is 266 g/mol. The quantitative estimate of drug-likeness (QED) is 0.667. The van der Waals surface area contributed by atoms with Gasteiger partial charge in [0.05, 0.1) is 7.11 Å². The lowest BCUT2D eigenvalue weighted by Gasteiger charge is -2.08. The van der Waals surface area contributed by atoms with E-state index < -0.39 is 12.0 Å². The molecular weight excluding hydrogens is 248 g/mol. The van der Waals surface area contributed by atoms with Gasteiger partial charge in [0.15, 0.2) is 0 Å². The van der Waals surface area contributed by atoms with Crippen molar-refractivity contribution in [2.75, 3.05) is 7.11 Å². The van der Waals surface area contributed by atoms with Crippen LogP contribution in [0.4, 0.5) is 0 Å². The van der Waals surface area contributed by atoms with E-state index in [1.807, 2.05) is 24.3 Å². The molecule has 0 radical (unpaired) electrons. The molecule has 0 aromatic heterocycles. The van der Waals surface area contributed by atoms with Crippen molar-refractivity contribution in [2.45, 2.75) is 25.4 Å². The fourth-order valence-corrected chi connectivity index (χ4v) is 1.44. The van der Waals surface area contributed by atoms with Crippen LogP contribution in [0.2, 0.25) is 0 Å². The zero-order valence-electron chi connectivity index (χ0n) is 10.8. The molecule has 0 fully saturated rings. The molecule has 104 valence electrons. The lowest BCUT2D eigenvalue weighted by molar-refractivity contribution is -0.138. The Morgan fingerprint density at radius 3 is 2.53 bits per heavy atom. The first-order valence-corrected chi connectivity index (χ1v) is 5.91. The van der Waals surface area contributed by atoms with E-state index in [0.29, 0.717) is 6.54 Å². The lowest BCUT2D eigenvalue weighted by Crippen LogP contribution is -2.32. The molecule has 6 nitrogen and oxygen atoms in total. The fourth-order valence-electron chi connectivity index (χ4n) is 1.44. The van der Waals surface area contributed by atoms with Crippen LogP contribution in [0.15, 0.2) is 24.3 Å². The highest BCUT2D eigenvalue weighted by Gasteiger charge is 2.13. The van der Waals surface area contributed by atoms with Gasteiger partial charge in [-0.3, -0.25) is 9.59 Å². The first-order valence-electron chi connectivity index (χ1n) is 5.91. The number of benzene rings is 1. The Balaban J connectivity index is 2.31.